The molecule has 0 aliphatic carbocycles. The summed E-state index contributed by atoms with van der Waals surface area (Å²) in [7, 11) is 0. The van der Waals surface area contributed by atoms with Crippen molar-refractivity contribution in [3.8, 4) is 17.1 Å². The number of imidazole rings is 1. The van der Waals surface area contributed by atoms with Gasteiger partial charge in [0.2, 0.25) is 5.95 Å². The van der Waals surface area contributed by atoms with E-state index in [-0.39, 0.29) is 6.04 Å². The van der Waals surface area contributed by atoms with Crippen LogP contribution in [0.15, 0.2) is 85.2 Å². The van der Waals surface area contributed by atoms with Crippen molar-refractivity contribution in [1.29, 1.82) is 0 Å². The number of fused-ring (bicyclic) bond motifs is 1. The molecule has 5 aromatic rings. The normalized spacial score (nSPS) is 12.1. The summed E-state index contributed by atoms with van der Waals surface area (Å²) in [4.78, 5) is 14.3. The van der Waals surface area contributed by atoms with Crippen LogP contribution in [0.25, 0.3) is 28.1 Å². The molecule has 2 heterocycles. The van der Waals surface area contributed by atoms with Gasteiger partial charge in [-0.2, -0.15) is 4.98 Å². The molecule has 0 unspecified atom stereocenters. The Kier molecular flexibility index (Phi) is 5.15. The monoisotopic (exact) mass is 419 g/mol. The van der Waals surface area contributed by atoms with Crippen molar-refractivity contribution in [2.45, 2.75) is 26.8 Å². The molecule has 0 radical (unpaired) electrons. The van der Waals surface area contributed by atoms with E-state index >= 15 is 0 Å². The van der Waals surface area contributed by atoms with E-state index < -0.39 is 0 Å². The quantitative estimate of drug-likeness (QED) is 0.365. The van der Waals surface area contributed by atoms with Gasteiger partial charge in [0.15, 0.2) is 0 Å². The first-order valence-electron chi connectivity index (χ1n) is 10.8. The third kappa shape index (κ3) is 3.85. The van der Waals surface area contributed by atoms with Crippen LogP contribution in [0.4, 0.5) is 5.95 Å². The lowest BCUT2D eigenvalue weighted by Gasteiger charge is -2.17. The highest BCUT2D eigenvalue weighted by Crippen LogP contribution is 2.27. The minimum Gasteiger partial charge on any atom is -0.348 e. The Morgan fingerprint density at radius 3 is 2.44 bits per heavy atom. The van der Waals surface area contributed by atoms with Gasteiger partial charge in [-0.05, 0) is 49.6 Å². The van der Waals surface area contributed by atoms with Crippen molar-refractivity contribution in [2.24, 2.45) is 0 Å². The highest BCUT2D eigenvalue weighted by atomic mass is 15.2. The number of hydrogen-bond acceptors (Lipinski definition) is 4. The van der Waals surface area contributed by atoms with Crippen LogP contribution in [0.5, 0.6) is 0 Å². The molecule has 0 saturated heterocycles. The third-order valence-electron chi connectivity index (χ3n) is 5.73. The van der Waals surface area contributed by atoms with Gasteiger partial charge in [-0.15, -0.1) is 0 Å². The zero-order valence-electron chi connectivity index (χ0n) is 18.4. The van der Waals surface area contributed by atoms with Crippen molar-refractivity contribution >= 4 is 17.0 Å². The molecule has 0 saturated carbocycles. The molecule has 0 aliphatic rings. The van der Waals surface area contributed by atoms with Gasteiger partial charge in [0.1, 0.15) is 12.1 Å². The third-order valence-corrected chi connectivity index (χ3v) is 5.73. The lowest BCUT2D eigenvalue weighted by atomic mass is 10.1. The molecule has 0 spiro atoms. The molecule has 5 heteroatoms. The fourth-order valence-electron chi connectivity index (χ4n) is 3.94. The van der Waals surface area contributed by atoms with Crippen molar-refractivity contribution in [1.82, 2.24) is 19.5 Å². The highest BCUT2D eigenvalue weighted by molar-refractivity contribution is 5.78. The molecule has 5 rings (SSSR count). The Hall–Kier alpha value is -3.99. The van der Waals surface area contributed by atoms with Crippen molar-refractivity contribution in [3.63, 3.8) is 0 Å². The maximum atomic E-state index is 4.88. The van der Waals surface area contributed by atoms with E-state index in [1.165, 1.54) is 16.7 Å². The van der Waals surface area contributed by atoms with Crippen molar-refractivity contribution in [3.05, 3.63) is 102 Å². The molecular weight excluding hydrogens is 394 g/mol. The SMILES string of the molecule is Cc1ccc2ncn(-c3cc(-c4ccccc4C)nc(N[C@@H](C)c4ccccc4)n3)c2c1. The van der Waals surface area contributed by atoms with Crippen LogP contribution in [0.1, 0.15) is 29.7 Å². The lowest BCUT2D eigenvalue weighted by molar-refractivity contribution is 0.855. The largest absolute Gasteiger partial charge is 0.348 e. The molecule has 3 aromatic carbocycles. The minimum absolute atomic E-state index is 0.0675. The molecule has 0 amide bonds. The molecular formula is C27H25N5. The molecule has 2 aromatic heterocycles. The molecule has 0 fully saturated rings. The number of aromatic nitrogens is 4. The molecule has 32 heavy (non-hydrogen) atoms. The number of benzene rings is 3. The van der Waals surface area contributed by atoms with Gasteiger partial charge >= 0.3 is 0 Å². The Morgan fingerprint density at radius 1 is 0.844 bits per heavy atom. The van der Waals surface area contributed by atoms with Gasteiger partial charge in [-0.25, -0.2) is 9.97 Å². The average Bonchev–Trinajstić information content (AvgIpc) is 3.23. The van der Waals surface area contributed by atoms with Gasteiger partial charge in [-0.1, -0.05) is 60.7 Å². The summed E-state index contributed by atoms with van der Waals surface area (Å²) in [6.07, 6.45) is 1.83. The Labute approximate surface area is 187 Å². The van der Waals surface area contributed by atoms with Gasteiger partial charge in [0, 0.05) is 11.6 Å². The highest BCUT2D eigenvalue weighted by Gasteiger charge is 2.14. The summed E-state index contributed by atoms with van der Waals surface area (Å²) in [6.45, 7) is 6.31. The summed E-state index contributed by atoms with van der Waals surface area (Å²) < 4.78 is 2.03. The minimum atomic E-state index is 0.0675. The summed E-state index contributed by atoms with van der Waals surface area (Å²) in [5, 5.41) is 3.49. The fourth-order valence-corrected chi connectivity index (χ4v) is 3.94. The molecule has 158 valence electrons. The second kappa shape index (κ2) is 8.27. The number of rotatable bonds is 5. The summed E-state index contributed by atoms with van der Waals surface area (Å²) in [5.74, 6) is 1.38. The number of anilines is 1. The Balaban J connectivity index is 1.64. The zero-order valence-corrected chi connectivity index (χ0v) is 18.4. The van der Waals surface area contributed by atoms with E-state index in [0.717, 1.165) is 28.1 Å². The standard InChI is InChI=1S/C27H25N5/c1-18-13-14-23-25(15-18)32(17-28-23)26-16-24(22-12-8-7-9-19(22)2)30-27(31-26)29-20(3)21-10-5-4-6-11-21/h4-17,20H,1-3H3,(H,29,30,31)/t20-/m0/s1. The van der Waals surface area contributed by atoms with Crippen LogP contribution < -0.4 is 5.32 Å². The zero-order chi connectivity index (χ0) is 22.1. The van der Waals surface area contributed by atoms with Crippen LogP contribution in [0.2, 0.25) is 0 Å². The predicted molar refractivity (Wildman–Crippen MR) is 130 cm³/mol. The number of aryl methyl sites for hydroxylation is 2. The first-order chi connectivity index (χ1) is 15.6. The number of nitrogens with one attached hydrogen (secondary N) is 1. The number of hydrogen-bond donors (Lipinski definition) is 1. The van der Waals surface area contributed by atoms with Gasteiger partial charge in [-0.3, -0.25) is 4.57 Å². The first kappa shape index (κ1) is 19.9. The predicted octanol–water partition coefficient (Wildman–Crippen LogP) is 6.27. The van der Waals surface area contributed by atoms with Crippen LogP contribution in [0.3, 0.4) is 0 Å². The Bertz CT molecular complexity index is 1390. The molecule has 1 N–H and O–H groups in total. The van der Waals surface area contributed by atoms with E-state index in [9.17, 15) is 0 Å². The summed E-state index contributed by atoms with van der Waals surface area (Å²) in [5.41, 5.74) is 7.48. The van der Waals surface area contributed by atoms with Crippen LogP contribution >= 0.6 is 0 Å². The second-order valence-electron chi connectivity index (χ2n) is 8.13. The topological polar surface area (TPSA) is 55.6 Å². The van der Waals surface area contributed by atoms with Crippen LogP contribution in [0, 0.1) is 13.8 Å². The summed E-state index contributed by atoms with van der Waals surface area (Å²) >= 11 is 0. The van der Waals surface area contributed by atoms with Crippen LogP contribution in [-0.4, -0.2) is 19.5 Å². The maximum Gasteiger partial charge on any atom is 0.225 e. The second-order valence-corrected chi connectivity index (χ2v) is 8.13. The lowest BCUT2D eigenvalue weighted by Crippen LogP contribution is -2.11. The van der Waals surface area contributed by atoms with Gasteiger partial charge in [0.25, 0.3) is 0 Å². The fraction of sp³-hybridized carbons (Fsp3) is 0.148. The van der Waals surface area contributed by atoms with E-state index in [0.29, 0.717) is 5.95 Å². The molecule has 0 aliphatic heterocycles. The summed E-state index contributed by atoms with van der Waals surface area (Å²) in [6, 6.07) is 27.0. The van der Waals surface area contributed by atoms with Crippen molar-refractivity contribution < 1.29 is 0 Å². The van der Waals surface area contributed by atoms with Crippen LogP contribution in [-0.2, 0) is 0 Å². The van der Waals surface area contributed by atoms with E-state index in [4.69, 9.17) is 9.97 Å². The molecule has 0 bridgehead atoms. The van der Waals surface area contributed by atoms with E-state index in [1.54, 1.807) is 0 Å². The maximum absolute atomic E-state index is 4.88. The molecule has 1 atom stereocenters. The van der Waals surface area contributed by atoms with Gasteiger partial charge < -0.3 is 5.32 Å². The van der Waals surface area contributed by atoms with Crippen molar-refractivity contribution in [2.75, 3.05) is 5.32 Å². The average molecular weight is 420 g/mol. The van der Waals surface area contributed by atoms with E-state index in [1.807, 2.05) is 53.4 Å². The van der Waals surface area contributed by atoms with Gasteiger partial charge in [0.05, 0.1) is 22.8 Å². The first-order valence-corrected chi connectivity index (χ1v) is 10.8. The number of nitrogens with zero attached hydrogens (tertiary/aromatic N) is 4. The molecule has 5 nitrogen and oxygen atoms in total. The smallest absolute Gasteiger partial charge is 0.225 e. The van der Waals surface area contributed by atoms with E-state index in [2.05, 4.69) is 67.5 Å². The Morgan fingerprint density at radius 2 is 1.62 bits per heavy atom.